The normalized spacial score (nSPS) is 20.7. The molecule has 2 aromatic rings. The van der Waals surface area contributed by atoms with Crippen molar-refractivity contribution in [2.24, 2.45) is 13.0 Å². The topological polar surface area (TPSA) is 76.4 Å². The fourth-order valence-electron chi connectivity index (χ4n) is 3.38. The van der Waals surface area contributed by atoms with Gasteiger partial charge in [0, 0.05) is 30.7 Å². The van der Waals surface area contributed by atoms with Gasteiger partial charge in [-0.3, -0.25) is 4.79 Å². The molecule has 1 atom stereocenters. The third-order valence-electron chi connectivity index (χ3n) is 5.25. The highest BCUT2D eigenvalue weighted by atomic mass is 16.5. The summed E-state index contributed by atoms with van der Waals surface area (Å²) in [6, 6.07) is 5.45. The van der Waals surface area contributed by atoms with Crippen LogP contribution in [0.5, 0.6) is 5.88 Å². The lowest BCUT2D eigenvalue weighted by atomic mass is 9.75. The third-order valence-corrected chi connectivity index (χ3v) is 5.25. The van der Waals surface area contributed by atoms with E-state index in [9.17, 15) is 9.90 Å². The summed E-state index contributed by atoms with van der Waals surface area (Å²) >= 11 is 0. The lowest BCUT2D eigenvalue weighted by Crippen LogP contribution is -2.41. The zero-order chi connectivity index (χ0) is 18.1. The van der Waals surface area contributed by atoms with Crippen LogP contribution in [0.15, 0.2) is 24.4 Å². The van der Waals surface area contributed by atoms with Gasteiger partial charge in [0.1, 0.15) is 0 Å². The van der Waals surface area contributed by atoms with Crippen LogP contribution in [0, 0.1) is 19.8 Å². The van der Waals surface area contributed by atoms with E-state index in [0.29, 0.717) is 24.3 Å². The van der Waals surface area contributed by atoms with Gasteiger partial charge in [-0.15, -0.1) is 0 Å². The Morgan fingerprint density at radius 2 is 2.12 bits per heavy atom. The first-order chi connectivity index (χ1) is 11.9. The van der Waals surface area contributed by atoms with Gasteiger partial charge in [0.05, 0.1) is 24.8 Å². The number of ether oxygens (including phenoxy) is 1. The summed E-state index contributed by atoms with van der Waals surface area (Å²) in [5, 5.41) is 12.8. The molecule has 6 nitrogen and oxygen atoms in total. The van der Waals surface area contributed by atoms with Crippen molar-refractivity contribution < 1.29 is 14.6 Å². The maximum absolute atomic E-state index is 12.8. The Kier molecular flexibility index (Phi) is 4.81. The van der Waals surface area contributed by atoms with E-state index in [1.165, 1.54) is 0 Å². The van der Waals surface area contributed by atoms with Crippen molar-refractivity contribution in [3.8, 4) is 5.88 Å². The van der Waals surface area contributed by atoms with E-state index >= 15 is 0 Å². The Balaban J connectivity index is 1.84. The lowest BCUT2D eigenvalue weighted by Gasteiger charge is -2.38. The molecule has 25 heavy (non-hydrogen) atoms. The van der Waals surface area contributed by atoms with Crippen LogP contribution in [-0.2, 0) is 7.05 Å². The average molecular weight is 343 g/mol. The van der Waals surface area contributed by atoms with Crippen LogP contribution < -0.4 is 10.1 Å². The minimum atomic E-state index is -0.281. The summed E-state index contributed by atoms with van der Waals surface area (Å²) in [5.41, 5.74) is 3.60. The van der Waals surface area contributed by atoms with Crippen molar-refractivity contribution in [3.05, 3.63) is 46.9 Å². The molecule has 1 fully saturated rings. The number of hydrogen-bond acceptors (Lipinski definition) is 4. The molecule has 2 N–H and O–H groups in total. The Morgan fingerprint density at radius 3 is 2.60 bits per heavy atom. The molecule has 0 bridgehead atoms. The maximum Gasteiger partial charge on any atom is 0.253 e. The van der Waals surface area contributed by atoms with Gasteiger partial charge < -0.3 is 19.7 Å². The minimum Gasteiger partial charge on any atom is -0.481 e. The second-order valence-electron chi connectivity index (χ2n) is 6.81. The monoisotopic (exact) mass is 343 g/mol. The first-order valence-corrected chi connectivity index (χ1v) is 8.52. The van der Waals surface area contributed by atoms with E-state index in [4.69, 9.17) is 4.74 Å². The number of nitrogens with one attached hydrogen (secondary N) is 1. The van der Waals surface area contributed by atoms with Gasteiger partial charge in [0.15, 0.2) is 0 Å². The van der Waals surface area contributed by atoms with Crippen LogP contribution in [0.4, 0.5) is 0 Å². The predicted molar refractivity (Wildman–Crippen MR) is 94.6 cm³/mol. The van der Waals surface area contributed by atoms with Crippen LogP contribution in [0.1, 0.15) is 46.2 Å². The number of nitrogens with zero attached hydrogens (tertiary/aromatic N) is 2. The van der Waals surface area contributed by atoms with Crippen molar-refractivity contribution in [1.29, 1.82) is 0 Å². The number of pyridine rings is 1. The molecule has 6 heteroatoms. The number of carbonyl (C=O) groups excluding carboxylic acids is 1. The maximum atomic E-state index is 12.8. The highest BCUT2D eigenvalue weighted by Crippen LogP contribution is 2.38. The summed E-state index contributed by atoms with van der Waals surface area (Å²) in [6.07, 6.45) is 2.82. The van der Waals surface area contributed by atoms with Gasteiger partial charge in [0.2, 0.25) is 5.88 Å². The van der Waals surface area contributed by atoms with Crippen molar-refractivity contribution in [3.63, 3.8) is 0 Å². The van der Waals surface area contributed by atoms with Crippen LogP contribution in [-0.4, -0.2) is 33.8 Å². The zero-order valence-electron chi connectivity index (χ0n) is 15.1. The fourth-order valence-corrected chi connectivity index (χ4v) is 3.38. The SMILES string of the molecule is COc1ccc([C@@H](NC(=O)c2cc(C)n(C)c2C)C2CC(O)C2)cn1. The van der Waals surface area contributed by atoms with Gasteiger partial charge in [-0.05, 0) is 44.2 Å². The summed E-state index contributed by atoms with van der Waals surface area (Å²) in [6.45, 7) is 3.93. The van der Waals surface area contributed by atoms with Gasteiger partial charge in [-0.2, -0.15) is 0 Å². The number of amides is 1. The molecule has 2 heterocycles. The zero-order valence-corrected chi connectivity index (χ0v) is 15.1. The summed E-state index contributed by atoms with van der Waals surface area (Å²) < 4.78 is 7.11. The molecule has 1 aliphatic carbocycles. The van der Waals surface area contributed by atoms with Crippen LogP contribution >= 0.6 is 0 Å². The molecular weight excluding hydrogens is 318 g/mol. The van der Waals surface area contributed by atoms with Gasteiger partial charge in [0.25, 0.3) is 5.91 Å². The molecule has 0 aliphatic heterocycles. The predicted octanol–water partition coefficient (Wildman–Crippen LogP) is 2.29. The molecule has 0 unspecified atom stereocenters. The van der Waals surface area contributed by atoms with E-state index in [-0.39, 0.29) is 24.0 Å². The van der Waals surface area contributed by atoms with E-state index in [1.54, 1.807) is 19.4 Å². The number of aliphatic hydroxyl groups is 1. The molecule has 0 aromatic carbocycles. The molecule has 2 aromatic heterocycles. The highest BCUT2D eigenvalue weighted by molar-refractivity contribution is 5.96. The van der Waals surface area contributed by atoms with Gasteiger partial charge in [-0.25, -0.2) is 4.98 Å². The standard InChI is InChI=1S/C19H25N3O3/c1-11-7-16(12(2)22(11)3)19(24)21-18(14-8-15(23)9-14)13-5-6-17(25-4)20-10-13/h5-7,10,14-15,18,23H,8-9H2,1-4H3,(H,21,24)/t14?,15?,18-/m1/s1. The molecule has 0 radical (unpaired) electrons. The van der Waals surface area contributed by atoms with E-state index in [1.807, 2.05) is 37.6 Å². The number of methoxy groups -OCH3 is 1. The number of carbonyl (C=O) groups is 1. The summed E-state index contributed by atoms with van der Waals surface area (Å²) in [7, 11) is 3.53. The molecule has 0 saturated heterocycles. The number of hydrogen-bond donors (Lipinski definition) is 2. The van der Waals surface area contributed by atoms with Crippen LogP contribution in [0.25, 0.3) is 0 Å². The Bertz CT molecular complexity index is 761. The Morgan fingerprint density at radius 1 is 1.40 bits per heavy atom. The molecular formula is C19H25N3O3. The molecule has 1 saturated carbocycles. The number of aliphatic hydroxyl groups excluding tert-OH is 1. The second kappa shape index (κ2) is 6.88. The minimum absolute atomic E-state index is 0.0941. The van der Waals surface area contributed by atoms with Crippen LogP contribution in [0.2, 0.25) is 0 Å². The van der Waals surface area contributed by atoms with Crippen molar-refractivity contribution in [2.45, 2.75) is 38.8 Å². The number of aromatic nitrogens is 2. The van der Waals surface area contributed by atoms with Gasteiger partial charge in [-0.1, -0.05) is 6.07 Å². The summed E-state index contributed by atoms with van der Waals surface area (Å²) in [5.74, 6) is 0.652. The average Bonchev–Trinajstić information content (AvgIpc) is 2.85. The van der Waals surface area contributed by atoms with Gasteiger partial charge >= 0.3 is 0 Å². The van der Waals surface area contributed by atoms with E-state index in [0.717, 1.165) is 17.0 Å². The van der Waals surface area contributed by atoms with Crippen molar-refractivity contribution in [2.75, 3.05) is 7.11 Å². The smallest absolute Gasteiger partial charge is 0.253 e. The number of aryl methyl sites for hydroxylation is 1. The van der Waals surface area contributed by atoms with E-state index < -0.39 is 0 Å². The molecule has 3 rings (SSSR count). The number of rotatable bonds is 5. The fraction of sp³-hybridized carbons (Fsp3) is 0.474. The first kappa shape index (κ1) is 17.5. The molecule has 0 spiro atoms. The largest absolute Gasteiger partial charge is 0.481 e. The molecule has 134 valence electrons. The quantitative estimate of drug-likeness (QED) is 0.873. The lowest BCUT2D eigenvalue weighted by molar-refractivity contribution is 0.0234. The molecule has 1 amide bonds. The summed E-state index contributed by atoms with van der Waals surface area (Å²) in [4.78, 5) is 17.1. The second-order valence-corrected chi connectivity index (χ2v) is 6.81. The van der Waals surface area contributed by atoms with Crippen LogP contribution in [0.3, 0.4) is 0 Å². The Hall–Kier alpha value is -2.34. The highest BCUT2D eigenvalue weighted by Gasteiger charge is 2.36. The van der Waals surface area contributed by atoms with E-state index in [2.05, 4.69) is 10.3 Å². The van der Waals surface area contributed by atoms with Crippen molar-refractivity contribution in [1.82, 2.24) is 14.9 Å². The third kappa shape index (κ3) is 3.39. The molecule has 1 aliphatic rings. The van der Waals surface area contributed by atoms with Crippen molar-refractivity contribution >= 4 is 5.91 Å². The Labute approximate surface area is 147 Å². The first-order valence-electron chi connectivity index (χ1n) is 8.52.